The zero-order valence-corrected chi connectivity index (χ0v) is 6.89. The molecule has 74 valence electrons. The highest BCUT2D eigenvalue weighted by Crippen LogP contribution is 2.01. The number of aromatic amines is 1. The van der Waals surface area contributed by atoms with E-state index in [4.69, 9.17) is 10.2 Å². The minimum absolute atomic E-state index is 0.407. The number of aliphatic carboxylic acids is 2. The average Bonchev–Trinajstić information content (AvgIpc) is 2.55. The zero-order chi connectivity index (χ0) is 10.6. The number of hydrogen-bond acceptors (Lipinski definition) is 4. The Labute approximate surface area is 78.1 Å². The van der Waals surface area contributed by atoms with Crippen LogP contribution in [-0.4, -0.2) is 32.3 Å². The summed E-state index contributed by atoms with van der Waals surface area (Å²) in [5, 5.41) is 25.4. The lowest BCUT2D eigenvalue weighted by molar-refractivity contribution is -0.140. The second kappa shape index (κ2) is 4.08. The maximum atomic E-state index is 10.4. The fourth-order valence-electron chi connectivity index (χ4n) is 0.701. The number of nitrogens with zero attached hydrogens (tertiary/aromatic N) is 1. The lowest BCUT2D eigenvalue weighted by Crippen LogP contribution is -2.12. The average molecular weight is 197 g/mol. The number of carbonyl (C=O) groups is 2. The summed E-state index contributed by atoms with van der Waals surface area (Å²) < 4.78 is 0. The molecule has 1 aromatic heterocycles. The summed E-state index contributed by atoms with van der Waals surface area (Å²) >= 11 is 0. The van der Waals surface area contributed by atoms with Crippen LogP contribution >= 0.6 is 0 Å². The molecule has 1 aromatic rings. The minimum Gasteiger partial charge on any atom is -0.477 e. The second-order valence-corrected chi connectivity index (χ2v) is 2.28. The summed E-state index contributed by atoms with van der Waals surface area (Å²) in [7, 11) is 0. The number of anilines is 1. The molecule has 7 nitrogen and oxygen atoms in total. The van der Waals surface area contributed by atoms with Crippen molar-refractivity contribution >= 4 is 17.8 Å². The van der Waals surface area contributed by atoms with Crippen LogP contribution in [0, 0.1) is 0 Å². The highest BCUT2D eigenvalue weighted by atomic mass is 16.4. The summed E-state index contributed by atoms with van der Waals surface area (Å²) in [6, 6.07) is 1.53. The van der Waals surface area contributed by atoms with Gasteiger partial charge in [0.2, 0.25) is 0 Å². The summed E-state index contributed by atoms with van der Waals surface area (Å²) in [4.78, 5) is 20.8. The molecule has 4 N–H and O–H groups in total. The van der Waals surface area contributed by atoms with E-state index in [1.54, 1.807) is 0 Å². The highest BCUT2D eigenvalue weighted by Gasteiger charge is 2.15. The van der Waals surface area contributed by atoms with Crippen LogP contribution in [0.2, 0.25) is 0 Å². The molecule has 0 amide bonds. The summed E-state index contributed by atoms with van der Waals surface area (Å²) in [5.74, 6) is -2.61. The largest absolute Gasteiger partial charge is 0.477 e. The van der Waals surface area contributed by atoms with E-state index in [-0.39, 0.29) is 0 Å². The first kappa shape index (κ1) is 9.78. The molecule has 0 aromatic carbocycles. The number of carboxylic acid groups (broad SMARTS) is 2. The SMILES string of the molecule is O=C(O)C(=CNc1ccn[nH]1)C(=O)O. The predicted octanol–water partition coefficient (Wildman–Crippen LogP) is -0.125. The van der Waals surface area contributed by atoms with Crippen molar-refractivity contribution in [3.63, 3.8) is 0 Å². The molecule has 1 heterocycles. The van der Waals surface area contributed by atoms with Crippen molar-refractivity contribution in [1.82, 2.24) is 10.2 Å². The molecule has 1 rings (SSSR count). The van der Waals surface area contributed by atoms with E-state index in [9.17, 15) is 9.59 Å². The van der Waals surface area contributed by atoms with Crippen molar-refractivity contribution < 1.29 is 19.8 Å². The van der Waals surface area contributed by atoms with Gasteiger partial charge < -0.3 is 15.5 Å². The molecule has 0 unspecified atom stereocenters. The summed E-state index contributed by atoms with van der Waals surface area (Å²) in [6.45, 7) is 0. The Morgan fingerprint density at radius 1 is 1.43 bits per heavy atom. The third kappa shape index (κ3) is 2.34. The lowest BCUT2D eigenvalue weighted by Gasteiger charge is -1.97. The van der Waals surface area contributed by atoms with Gasteiger partial charge in [0, 0.05) is 12.3 Å². The first-order valence-corrected chi connectivity index (χ1v) is 3.54. The van der Waals surface area contributed by atoms with Gasteiger partial charge in [-0.2, -0.15) is 5.10 Å². The molecule has 0 radical (unpaired) electrons. The van der Waals surface area contributed by atoms with Gasteiger partial charge in [0.1, 0.15) is 5.82 Å². The van der Waals surface area contributed by atoms with E-state index in [1.165, 1.54) is 12.3 Å². The van der Waals surface area contributed by atoms with Crippen LogP contribution in [0.15, 0.2) is 24.0 Å². The third-order valence-corrected chi connectivity index (χ3v) is 1.33. The first-order valence-electron chi connectivity index (χ1n) is 3.54. The van der Waals surface area contributed by atoms with Crippen LogP contribution in [0.25, 0.3) is 0 Å². The molecule has 0 fully saturated rings. The Balaban J connectivity index is 2.75. The molecule has 0 saturated carbocycles. The van der Waals surface area contributed by atoms with Crippen LogP contribution in [0.3, 0.4) is 0 Å². The van der Waals surface area contributed by atoms with Crippen molar-refractivity contribution in [2.75, 3.05) is 5.32 Å². The second-order valence-electron chi connectivity index (χ2n) is 2.28. The maximum Gasteiger partial charge on any atom is 0.344 e. The zero-order valence-electron chi connectivity index (χ0n) is 6.89. The summed E-state index contributed by atoms with van der Waals surface area (Å²) in [6.07, 6.45) is 2.32. The third-order valence-electron chi connectivity index (χ3n) is 1.33. The van der Waals surface area contributed by atoms with Gasteiger partial charge in [-0.1, -0.05) is 0 Å². The minimum atomic E-state index is -1.51. The Bertz CT molecular complexity index is 352. The van der Waals surface area contributed by atoms with E-state index in [0.29, 0.717) is 5.82 Å². The highest BCUT2D eigenvalue weighted by molar-refractivity contribution is 6.12. The monoisotopic (exact) mass is 197 g/mol. The van der Waals surface area contributed by atoms with Gasteiger partial charge in [0.05, 0.1) is 6.20 Å². The Morgan fingerprint density at radius 3 is 2.50 bits per heavy atom. The topological polar surface area (TPSA) is 115 Å². The van der Waals surface area contributed by atoms with Crippen molar-refractivity contribution in [1.29, 1.82) is 0 Å². The van der Waals surface area contributed by atoms with E-state index in [0.717, 1.165) is 6.20 Å². The standard InChI is InChI=1S/C7H7N3O4/c11-6(12)4(7(13)14)3-8-5-1-2-9-10-5/h1-3H,(H,11,12)(H,13,14)(H2,8,9,10). The van der Waals surface area contributed by atoms with Crippen LogP contribution in [-0.2, 0) is 9.59 Å². The van der Waals surface area contributed by atoms with Gasteiger partial charge in [0.25, 0.3) is 0 Å². The molecule has 0 aliphatic carbocycles. The Kier molecular flexibility index (Phi) is 2.85. The number of rotatable bonds is 4. The van der Waals surface area contributed by atoms with Gasteiger partial charge in [-0.05, 0) is 0 Å². The van der Waals surface area contributed by atoms with Crippen molar-refractivity contribution in [2.24, 2.45) is 0 Å². The molecule has 0 aliphatic heterocycles. The lowest BCUT2D eigenvalue weighted by atomic mass is 10.3. The predicted molar refractivity (Wildman–Crippen MR) is 45.6 cm³/mol. The number of hydrogen-bond donors (Lipinski definition) is 4. The van der Waals surface area contributed by atoms with Crippen LogP contribution in [0.4, 0.5) is 5.82 Å². The van der Waals surface area contributed by atoms with Crippen molar-refractivity contribution in [3.8, 4) is 0 Å². The molecule has 0 saturated heterocycles. The maximum absolute atomic E-state index is 10.4. The first-order chi connectivity index (χ1) is 6.61. The quantitative estimate of drug-likeness (QED) is 0.303. The van der Waals surface area contributed by atoms with Gasteiger partial charge >= 0.3 is 11.9 Å². The molecule has 7 heteroatoms. The van der Waals surface area contributed by atoms with E-state index in [1.807, 2.05) is 0 Å². The van der Waals surface area contributed by atoms with Gasteiger partial charge in [-0.25, -0.2) is 9.59 Å². The fraction of sp³-hybridized carbons (Fsp3) is 0. The van der Waals surface area contributed by atoms with Crippen molar-refractivity contribution in [3.05, 3.63) is 24.0 Å². The van der Waals surface area contributed by atoms with Crippen LogP contribution in [0.5, 0.6) is 0 Å². The molecule has 0 bridgehead atoms. The van der Waals surface area contributed by atoms with Crippen LogP contribution < -0.4 is 5.32 Å². The van der Waals surface area contributed by atoms with E-state index < -0.39 is 17.5 Å². The molecule has 0 aliphatic rings. The molecular formula is C7H7N3O4. The van der Waals surface area contributed by atoms with Gasteiger partial charge in [-0.15, -0.1) is 0 Å². The normalized spacial score (nSPS) is 9.14. The number of aromatic nitrogens is 2. The van der Waals surface area contributed by atoms with Crippen molar-refractivity contribution in [2.45, 2.75) is 0 Å². The van der Waals surface area contributed by atoms with Gasteiger partial charge in [0.15, 0.2) is 5.57 Å². The number of carboxylic acids is 2. The molecule has 0 atom stereocenters. The van der Waals surface area contributed by atoms with Gasteiger partial charge in [-0.3, -0.25) is 5.10 Å². The molecule has 14 heavy (non-hydrogen) atoms. The Morgan fingerprint density at radius 2 is 2.07 bits per heavy atom. The fourth-order valence-corrected chi connectivity index (χ4v) is 0.701. The summed E-state index contributed by atoms with van der Waals surface area (Å²) in [5.41, 5.74) is -0.750. The van der Waals surface area contributed by atoms with Crippen LogP contribution in [0.1, 0.15) is 0 Å². The van der Waals surface area contributed by atoms with E-state index in [2.05, 4.69) is 15.5 Å². The Hall–Kier alpha value is -2.31. The number of H-pyrrole nitrogens is 1. The molecule has 0 spiro atoms. The van der Waals surface area contributed by atoms with E-state index >= 15 is 0 Å². The smallest absolute Gasteiger partial charge is 0.344 e. The molecular weight excluding hydrogens is 190 g/mol. The number of nitrogens with one attached hydrogen (secondary N) is 2.